The third-order valence-electron chi connectivity index (χ3n) is 4.77. The molecule has 1 aromatic heterocycles. The molecule has 0 atom stereocenters. The highest BCUT2D eigenvalue weighted by molar-refractivity contribution is 14.0. The number of anilines is 1. The molecule has 2 aromatic rings. The first kappa shape index (κ1) is 23.3. The van der Waals surface area contributed by atoms with Gasteiger partial charge in [-0.1, -0.05) is 18.2 Å². The SMILES string of the molecule is CCNC(=NCc1ccc(N2CCN(C)CC2)nc1)NCc1ccc(F)cc1.I. The maximum Gasteiger partial charge on any atom is 0.191 e. The number of rotatable bonds is 6. The highest BCUT2D eigenvalue weighted by atomic mass is 127. The zero-order chi connectivity index (χ0) is 19.8. The zero-order valence-electron chi connectivity index (χ0n) is 17.1. The molecule has 8 heteroatoms. The van der Waals surface area contributed by atoms with Crippen LogP contribution in [0.25, 0.3) is 0 Å². The lowest BCUT2D eigenvalue weighted by molar-refractivity contribution is 0.312. The molecule has 1 aliphatic heterocycles. The number of aliphatic imine (C=N–C) groups is 1. The van der Waals surface area contributed by atoms with Gasteiger partial charge in [0.1, 0.15) is 11.6 Å². The summed E-state index contributed by atoms with van der Waals surface area (Å²) in [6.07, 6.45) is 1.90. The first-order valence-electron chi connectivity index (χ1n) is 9.79. The van der Waals surface area contributed by atoms with Crippen molar-refractivity contribution in [3.63, 3.8) is 0 Å². The van der Waals surface area contributed by atoms with Crippen LogP contribution in [0.4, 0.5) is 10.2 Å². The van der Waals surface area contributed by atoms with Gasteiger partial charge in [0, 0.05) is 45.5 Å². The predicted octanol–water partition coefficient (Wildman–Crippen LogP) is 2.85. The van der Waals surface area contributed by atoms with E-state index in [4.69, 9.17) is 0 Å². The van der Waals surface area contributed by atoms with E-state index in [1.807, 2.05) is 13.1 Å². The number of likely N-dealkylation sites (N-methyl/N-ethyl adjacent to an activating group) is 1. The molecular weight excluding hydrogens is 482 g/mol. The molecule has 0 unspecified atom stereocenters. The van der Waals surface area contributed by atoms with Gasteiger partial charge in [-0.15, -0.1) is 24.0 Å². The number of hydrogen-bond acceptors (Lipinski definition) is 4. The summed E-state index contributed by atoms with van der Waals surface area (Å²) in [5.74, 6) is 1.54. The largest absolute Gasteiger partial charge is 0.357 e. The Balaban J connectivity index is 0.00000300. The Morgan fingerprint density at radius 3 is 2.34 bits per heavy atom. The minimum atomic E-state index is -0.225. The van der Waals surface area contributed by atoms with Gasteiger partial charge in [0.15, 0.2) is 5.96 Å². The summed E-state index contributed by atoms with van der Waals surface area (Å²) in [6, 6.07) is 10.6. The molecule has 2 N–H and O–H groups in total. The van der Waals surface area contributed by atoms with E-state index < -0.39 is 0 Å². The van der Waals surface area contributed by atoms with Crippen molar-refractivity contribution in [1.29, 1.82) is 0 Å². The molecule has 1 aromatic carbocycles. The molecule has 0 bridgehead atoms. The summed E-state index contributed by atoms with van der Waals surface area (Å²) in [5.41, 5.74) is 2.07. The summed E-state index contributed by atoms with van der Waals surface area (Å²) < 4.78 is 13.0. The minimum Gasteiger partial charge on any atom is -0.357 e. The van der Waals surface area contributed by atoms with E-state index >= 15 is 0 Å². The number of hydrogen-bond donors (Lipinski definition) is 2. The smallest absolute Gasteiger partial charge is 0.191 e. The molecule has 0 saturated carbocycles. The Morgan fingerprint density at radius 1 is 1.03 bits per heavy atom. The van der Waals surface area contributed by atoms with Crippen LogP contribution in [0.15, 0.2) is 47.6 Å². The third-order valence-corrected chi connectivity index (χ3v) is 4.77. The van der Waals surface area contributed by atoms with Crippen LogP contribution >= 0.6 is 24.0 Å². The molecule has 3 rings (SSSR count). The zero-order valence-corrected chi connectivity index (χ0v) is 19.4. The summed E-state index contributed by atoms with van der Waals surface area (Å²) in [4.78, 5) is 13.9. The van der Waals surface area contributed by atoms with Crippen molar-refractivity contribution in [1.82, 2.24) is 20.5 Å². The van der Waals surface area contributed by atoms with Gasteiger partial charge < -0.3 is 20.4 Å². The molecule has 2 heterocycles. The molecule has 0 spiro atoms. The molecular formula is C21H30FIN6. The molecule has 6 nitrogen and oxygen atoms in total. The van der Waals surface area contributed by atoms with Crippen molar-refractivity contribution < 1.29 is 4.39 Å². The van der Waals surface area contributed by atoms with E-state index in [-0.39, 0.29) is 29.8 Å². The monoisotopic (exact) mass is 512 g/mol. The number of pyridine rings is 1. The maximum atomic E-state index is 13.0. The first-order chi connectivity index (χ1) is 13.6. The van der Waals surface area contributed by atoms with Gasteiger partial charge in [-0.3, -0.25) is 0 Å². The second-order valence-corrected chi connectivity index (χ2v) is 6.99. The maximum absolute atomic E-state index is 13.0. The second-order valence-electron chi connectivity index (χ2n) is 6.99. The van der Waals surface area contributed by atoms with Crippen LogP contribution < -0.4 is 15.5 Å². The normalized spacial score (nSPS) is 15.0. The fraction of sp³-hybridized carbons (Fsp3) is 0.429. The van der Waals surface area contributed by atoms with Gasteiger partial charge >= 0.3 is 0 Å². The van der Waals surface area contributed by atoms with Crippen molar-refractivity contribution in [2.45, 2.75) is 20.0 Å². The average molecular weight is 512 g/mol. The molecule has 29 heavy (non-hydrogen) atoms. The van der Waals surface area contributed by atoms with Crippen molar-refractivity contribution in [2.75, 3.05) is 44.7 Å². The number of nitrogens with one attached hydrogen (secondary N) is 2. The molecule has 0 radical (unpaired) electrons. The van der Waals surface area contributed by atoms with Gasteiger partial charge in [-0.2, -0.15) is 0 Å². The number of halogens is 2. The molecule has 1 fully saturated rings. The van der Waals surface area contributed by atoms with E-state index in [1.54, 1.807) is 12.1 Å². The Bertz CT molecular complexity index is 758. The number of benzene rings is 1. The van der Waals surface area contributed by atoms with Gasteiger partial charge in [-0.05, 0) is 43.3 Å². The van der Waals surface area contributed by atoms with Crippen LogP contribution in [-0.2, 0) is 13.1 Å². The van der Waals surface area contributed by atoms with E-state index in [2.05, 4.69) is 49.6 Å². The average Bonchev–Trinajstić information content (AvgIpc) is 2.72. The Kier molecular flexibility index (Phi) is 9.59. The Morgan fingerprint density at radius 2 is 1.72 bits per heavy atom. The highest BCUT2D eigenvalue weighted by Crippen LogP contribution is 2.14. The molecule has 158 valence electrons. The number of piperazine rings is 1. The molecule has 1 aliphatic rings. The van der Waals surface area contributed by atoms with E-state index in [0.717, 1.165) is 55.6 Å². The Hall–Kier alpha value is -1.94. The third kappa shape index (κ3) is 7.43. The number of aromatic nitrogens is 1. The second kappa shape index (κ2) is 11.9. The van der Waals surface area contributed by atoms with Gasteiger partial charge in [0.2, 0.25) is 0 Å². The number of guanidine groups is 1. The standard InChI is InChI=1S/C21H29FN6.HI/c1-3-23-21(25-14-17-4-7-19(22)8-5-17)26-16-18-6-9-20(24-15-18)28-12-10-27(2)11-13-28;/h4-9,15H,3,10-14,16H2,1-2H3,(H2,23,25,26);1H. The highest BCUT2D eigenvalue weighted by Gasteiger charge is 2.14. The van der Waals surface area contributed by atoms with Gasteiger partial charge in [0.05, 0.1) is 6.54 Å². The van der Waals surface area contributed by atoms with Gasteiger partial charge in [-0.25, -0.2) is 14.4 Å². The van der Waals surface area contributed by atoms with Crippen LogP contribution in [0.2, 0.25) is 0 Å². The molecule has 1 saturated heterocycles. The topological polar surface area (TPSA) is 55.8 Å². The lowest BCUT2D eigenvalue weighted by atomic mass is 10.2. The lowest BCUT2D eigenvalue weighted by Crippen LogP contribution is -2.44. The predicted molar refractivity (Wildman–Crippen MR) is 127 cm³/mol. The van der Waals surface area contributed by atoms with Crippen LogP contribution in [0.3, 0.4) is 0 Å². The Labute approximate surface area is 189 Å². The lowest BCUT2D eigenvalue weighted by Gasteiger charge is -2.33. The summed E-state index contributed by atoms with van der Waals surface area (Å²) in [6.45, 7) is 8.11. The summed E-state index contributed by atoms with van der Waals surface area (Å²) >= 11 is 0. The summed E-state index contributed by atoms with van der Waals surface area (Å²) in [5, 5.41) is 6.51. The number of nitrogens with zero attached hydrogens (tertiary/aromatic N) is 4. The van der Waals surface area contributed by atoms with Crippen molar-refractivity contribution in [3.8, 4) is 0 Å². The van der Waals surface area contributed by atoms with E-state index in [0.29, 0.717) is 13.1 Å². The quantitative estimate of drug-likeness (QED) is 0.354. The summed E-state index contributed by atoms with van der Waals surface area (Å²) in [7, 11) is 2.15. The van der Waals surface area contributed by atoms with Crippen LogP contribution in [0.5, 0.6) is 0 Å². The van der Waals surface area contributed by atoms with Crippen LogP contribution in [0, 0.1) is 5.82 Å². The fourth-order valence-corrected chi connectivity index (χ4v) is 3.03. The minimum absolute atomic E-state index is 0. The van der Waals surface area contributed by atoms with Crippen LogP contribution in [-0.4, -0.2) is 55.6 Å². The molecule has 0 aliphatic carbocycles. The van der Waals surface area contributed by atoms with Crippen molar-refractivity contribution >= 4 is 35.8 Å². The van der Waals surface area contributed by atoms with Crippen molar-refractivity contribution in [2.24, 2.45) is 4.99 Å². The van der Waals surface area contributed by atoms with Crippen molar-refractivity contribution in [3.05, 3.63) is 59.5 Å². The van der Waals surface area contributed by atoms with Crippen LogP contribution in [0.1, 0.15) is 18.1 Å². The fourth-order valence-electron chi connectivity index (χ4n) is 3.03. The molecule has 0 amide bonds. The van der Waals surface area contributed by atoms with E-state index in [1.165, 1.54) is 12.1 Å². The first-order valence-corrected chi connectivity index (χ1v) is 9.79. The van der Waals surface area contributed by atoms with E-state index in [9.17, 15) is 4.39 Å². The van der Waals surface area contributed by atoms with Gasteiger partial charge in [0.25, 0.3) is 0 Å².